The lowest BCUT2D eigenvalue weighted by Gasteiger charge is -2.36. The lowest BCUT2D eigenvalue weighted by Crippen LogP contribution is -2.48. The minimum atomic E-state index is -0.388. The van der Waals surface area contributed by atoms with Gasteiger partial charge in [-0.15, -0.1) is 0 Å². The molecule has 2 aliphatic rings. The second-order valence-corrected chi connectivity index (χ2v) is 7.59. The second-order valence-electron chi connectivity index (χ2n) is 7.59. The number of nitrogens with one attached hydrogen (secondary N) is 1. The summed E-state index contributed by atoms with van der Waals surface area (Å²) in [6.07, 6.45) is 5.62. The number of rotatable bonds is 7. The van der Waals surface area contributed by atoms with Crippen molar-refractivity contribution in [3.05, 3.63) is 36.0 Å². The molecule has 0 spiro atoms. The molecule has 146 valence electrons. The molecule has 0 amide bonds. The summed E-state index contributed by atoms with van der Waals surface area (Å²) in [7, 11) is 1.65. The van der Waals surface area contributed by atoms with Crippen molar-refractivity contribution in [2.75, 3.05) is 13.7 Å². The van der Waals surface area contributed by atoms with Crippen LogP contribution in [0.2, 0.25) is 0 Å². The summed E-state index contributed by atoms with van der Waals surface area (Å²) in [5.41, 5.74) is 1.85. The molecule has 1 aliphatic carbocycles. The summed E-state index contributed by atoms with van der Waals surface area (Å²) < 4.78 is 16.8. The predicted octanol–water partition coefficient (Wildman–Crippen LogP) is 2.94. The Morgan fingerprint density at radius 2 is 2.00 bits per heavy atom. The standard InChI is InChI=1S/C21H28N2O4/c1-25-17-7-5-14(6-8-17)20-12-16(23-27-20)11-18-9-10-19(24)21(26-18)13-22-15-3-2-4-15/h5-8,12,15,18-19,21-22,24H,2-4,9-11,13H2,1H3/t18-,19-,21+/m0/s1. The molecule has 2 fully saturated rings. The first kappa shape index (κ1) is 18.5. The minimum Gasteiger partial charge on any atom is -0.497 e. The Kier molecular flexibility index (Phi) is 5.76. The molecule has 27 heavy (non-hydrogen) atoms. The van der Waals surface area contributed by atoms with E-state index in [0.717, 1.165) is 42.2 Å². The van der Waals surface area contributed by atoms with Crippen LogP contribution >= 0.6 is 0 Å². The van der Waals surface area contributed by atoms with Gasteiger partial charge in [0.25, 0.3) is 0 Å². The number of hydrogen-bond donors (Lipinski definition) is 2. The third-order valence-corrected chi connectivity index (χ3v) is 5.66. The first-order valence-corrected chi connectivity index (χ1v) is 9.88. The topological polar surface area (TPSA) is 76.8 Å². The summed E-state index contributed by atoms with van der Waals surface area (Å²) in [6.45, 7) is 0.720. The summed E-state index contributed by atoms with van der Waals surface area (Å²) in [6, 6.07) is 10.3. The fraction of sp³-hybridized carbons (Fsp3) is 0.571. The SMILES string of the molecule is COc1ccc(-c2cc(C[C@@H]3CC[C@H](O)[C@@H](CNC4CCC4)O3)no2)cc1. The van der Waals surface area contributed by atoms with Crippen LogP contribution in [0.3, 0.4) is 0 Å². The van der Waals surface area contributed by atoms with E-state index in [1.54, 1.807) is 7.11 Å². The van der Waals surface area contributed by atoms with Crippen LogP contribution in [0.25, 0.3) is 11.3 Å². The van der Waals surface area contributed by atoms with E-state index in [0.29, 0.717) is 12.5 Å². The first-order valence-electron chi connectivity index (χ1n) is 9.88. The molecular formula is C21H28N2O4. The molecule has 1 aromatic heterocycles. The quantitative estimate of drug-likeness (QED) is 0.778. The normalized spacial score (nSPS) is 25.9. The van der Waals surface area contributed by atoms with E-state index >= 15 is 0 Å². The van der Waals surface area contributed by atoms with Gasteiger partial charge >= 0.3 is 0 Å². The van der Waals surface area contributed by atoms with Crippen LogP contribution in [0.4, 0.5) is 0 Å². The van der Waals surface area contributed by atoms with Crippen molar-refractivity contribution in [2.45, 2.75) is 62.9 Å². The molecule has 3 atom stereocenters. The average Bonchev–Trinajstić information content (AvgIpc) is 3.11. The van der Waals surface area contributed by atoms with Gasteiger partial charge in [0.1, 0.15) is 5.75 Å². The van der Waals surface area contributed by atoms with Gasteiger partial charge in [0.05, 0.1) is 31.1 Å². The fourth-order valence-electron chi connectivity index (χ4n) is 3.71. The molecule has 6 heteroatoms. The molecule has 2 heterocycles. The maximum atomic E-state index is 10.2. The van der Waals surface area contributed by atoms with Gasteiger partial charge in [0.15, 0.2) is 5.76 Å². The van der Waals surface area contributed by atoms with E-state index in [-0.39, 0.29) is 18.3 Å². The van der Waals surface area contributed by atoms with E-state index in [4.69, 9.17) is 14.0 Å². The Hall–Kier alpha value is -1.89. The number of ether oxygens (including phenoxy) is 2. The third-order valence-electron chi connectivity index (χ3n) is 5.66. The smallest absolute Gasteiger partial charge is 0.167 e. The van der Waals surface area contributed by atoms with Crippen LogP contribution in [0, 0.1) is 0 Å². The van der Waals surface area contributed by atoms with Gasteiger partial charge in [0, 0.05) is 30.6 Å². The molecule has 1 aliphatic heterocycles. The predicted molar refractivity (Wildman–Crippen MR) is 102 cm³/mol. The second kappa shape index (κ2) is 8.42. The number of aromatic nitrogens is 1. The number of hydrogen-bond acceptors (Lipinski definition) is 6. The molecule has 1 aromatic carbocycles. The summed E-state index contributed by atoms with van der Waals surface area (Å²) in [5.74, 6) is 1.56. The molecule has 0 bridgehead atoms. The van der Waals surface area contributed by atoms with Crippen molar-refractivity contribution in [2.24, 2.45) is 0 Å². The molecule has 2 aromatic rings. The fourth-order valence-corrected chi connectivity index (χ4v) is 3.71. The Morgan fingerprint density at radius 1 is 1.19 bits per heavy atom. The number of methoxy groups -OCH3 is 1. The van der Waals surface area contributed by atoms with Crippen molar-refractivity contribution < 1.29 is 19.1 Å². The average molecular weight is 372 g/mol. The van der Waals surface area contributed by atoms with Crippen LogP contribution in [0.1, 0.15) is 37.8 Å². The van der Waals surface area contributed by atoms with E-state index in [1.807, 2.05) is 30.3 Å². The zero-order valence-corrected chi connectivity index (χ0v) is 15.8. The highest BCUT2D eigenvalue weighted by atomic mass is 16.5. The monoisotopic (exact) mass is 372 g/mol. The Morgan fingerprint density at radius 3 is 2.70 bits per heavy atom. The lowest BCUT2D eigenvalue weighted by atomic mass is 9.92. The van der Waals surface area contributed by atoms with Gasteiger partial charge in [-0.3, -0.25) is 0 Å². The lowest BCUT2D eigenvalue weighted by molar-refractivity contribution is -0.116. The molecule has 1 saturated heterocycles. The van der Waals surface area contributed by atoms with Gasteiger partial charge in [-0.1, -0.05) is 11.6 Å². The van der Waals surface area contributed by atoms with Crippen LogP contribution in [0.5, 0.6) is 5.75 Å². The summed E-state index contributed by atoms with van der Waals surface area (Å²) in [4.78, 5) is 0. The van der Waals surface area contributed by atoms with Gasteiger partial charge in [-0.25, -0.2) is 0 Å². The Balaban J connectivity index is 1.33. The van der Waals surface area contributed by atoms with Crippen molar-refractivity contribution >= 4 is 0 Å². The molecular weight excluding hydrogens is 344 g/mol. The maximum Gasteiger partial charge on any atom is 0.167 e. The van der Waals surface area contributed by atoms with Gasteiger partial charge in [-0.2, -0.15) is 0 Å². The molecule has 1 saturated carbocycles. The van der Waals surface area contributed by atoms with Crippen molar-refractivity contribution in [3.8, 4) is 17.1 Å². The molecule has 4 rings (SSSR count). The van der Waals surface area contributed by atoms with Crippen molar-refractivity contribution in [1.29, 1.82) is 0 Å². The highest BCUT2D eigenvalue weighted by molar-refractivity contribution is 5.58. The van der Waals surface area contributed by atoms with E-state index in [2.05, 4.69) is 10.5 Å². The van der Waals surface area contributed by atoms with Gasteiger partial charge < -0.3 is 24.4 Å². The van der Waals surface area contributed by atoms with Gasteiger partial charge in [0.2, 0.25) is 0 Å². The molecule has 6 nitrogen and oxygen atoms in total. The Bertz CT molecular complexity index is 726. The number of nitrogens with zero attached hydrogens (tertiary/aromatic N) is 1. The van der Waals surface area contributed by atoms with Gasteiger partial charge in [-0.05, 0) is 49.9 Å². The zero-order valence-electron chi connectivity index (χ0n) is 15.8. The van der Waals surface area contributed by atoms with Crippen LogP contribution in [0.15, 0.2) is 34.9 Å². The molecule has 2 N–H and O–H groups in total. The van der Waals surface area contributed by atoms with Crippen LogP contribution in [-0.2, 0) is 11.2 Å². The number of aliphatic hydroxyl groups is 1. The third kappa shape index (κ3) is 4.51. The summed E-state index contributed by atoms with van der Waals surface area (Å²) in [5, 5.41) is 18.0. The zero-order chi connectivity index (χ0) is 18.6. The minimum absolute atomic E-state index is 0.0652. The number of benzene rings is 1. The van der Waals surface area contributed by atoms with Crippen LogP contribution in [-0.4, -0.2) is 48.3 Å². The largest absolute Gasteiger partial charge is 0.497 e. The highest BCUT2D eigenvalue weighted by Crippen LogP contribution is 2.27. The highest BCUT2D eigenvalue weighted by Gasteiger charge is 2.31. The Labute approximate surface area is 159 Å². The summed E-state index contributed by atoms with van der Waals surface area (Å²) >= 11 is 0. The van der Waals surface area contributed by atoms with E-state index < -0.39 is 0 Å². The van der Waals surface area contributed by atoms with Crippen molar-refractivity contribution in [3.63, 3.8) is 0 Å². The van der Waals surface area contributed by atoms with Crippen LogP contribution < -0.4 is 10.1 Å². The molecule has 0 unspecified atom stereocenters. The van der Waals surface area contributed by atoms with E-state index in [1.165, 1.54) is 19.3 Å². The first-order chi connectivity index (χ1) is 13.2. The maximum absolute atomic E-state index is 10.2. The van der Waals surface area contributed by atoms with E-state index in [9.17, 15) is 5.11 Å². The number of aliphatic hydroxyl groups excluding tert-OH is 1. The molecule has 0 radical (unpaired) electrons. The van der Waals surface area contributed by atoms with Crippen molar-refractivity contribution in [1.82, 2.24) is 10.5 Å².